The van der Waals surface area contributed by atoms with Crippen LogP contribution in [0.25, 0.3) is 16.9 Å². The zero-order chi connectivity index (χ0) is 20.6. The lowest BCUT2D eigenvalue weighted by atomic mass is 10.1. The summed E-state index contributed by atoms with van der Waals surface area (Å²) in [7, 11) is 2.96. The first-order chi connectivity index (χ1) is 13.9. The van der Waals surface area contributed by atoms with Crippen LogP contribution in [0.1, 0.15) is 0 Å². The Morgan fingerprint density at radius 3 is 2.66 bits per heavy atom. The Morgan fingerprint density at radius 2 is 1.93 bits per heavy atom. The van der Waals surface area contributed by atoms with Gasteiger partial charge in [0.1, 0.15) is 5.75 Å². The zero-order valence-electron chi connectivity index (χ0n) is 15.3. The molecular formula is C17H16N3O7PS. The predicted octanol–water partition coefficient (Wildman–Crippen LogP) is 2.87. The molecule has 10 nitrogen and oxygen atoms in total. The highest BCUT2D eigenvalue weighted by molar-refractivity contribution is 8.54. The van der Waals surface area contributed by atoms with Crippen LogP contribution >= 0.6 is 18.2 Å². The highest BCUT2D eigenvalue weighted by Gasteiger charge is 2.23. The van der Waals surface area contributed by atoms with E-state index >= 15 is 0 Å². The molecule has 1 aromatic heterocycles. The molecule has 0 unspecified atom stereocenters. The van der Waals surface area contributed by atoms with E-state index in [4.69, 9.17) is 18.9 Å². The van der Waals surface area contributed by atoms with Crippen LogP contribution in [0.3, 0.4) is 0 Å². The van der Waals surface area contributed by atoms with Gasteiger partial charge in [0.15, 0.2) is 11.5 Å². The van der Waals surface area contributed by atoms with Crippen molar-refractivity contribution in [2.45, 2.75) is 4.90 Å². The SMILES string of the molecule is COc1ccc(-c2cnnn2-c2cc(OC)c3c(c2)OCO3)cc1SP(=O)(O)O. The van der Waals surface area contributed by atoms with E-state index in [1.54, 1.807) is 41.2 Å². The van der Waals surface area contributed by atoms with E-state index in [9.17, 15) is 14.4 Å². The summed E-state index contributed by atoms with van der Waals surface area (Å²) in [6.07, 6.45) is 1.55. The molecule has 1 aliphatic heterocycles. The first-order valence-electron chi connectivity index (χ1n) is 8.22. The normalized spacial score (nSPS) is 12.8. The average molecular weight is 437 g/mol. The van der Waals surface area contributed by atoms with Gasteiger partial charge in [0.2, 0.25) is 12.5 Å². The van der Waals surface area contributed by atoms with Gasteiger partial charge in [-0.3, -0.25) is 0 Å². The van der Waals surface area contributed by atoms with Gasteiger partial charge in [-0.1, -0.05) is 5.21 Å². The van der Waals surface area contributed by atoms with Crippen LogP contribution in [0.4, 0.5) is 0 Å². The number of hydrogen-bond acceptors (Lipinski definition) is 8. The Hall–Kier alpha value is -2.72. The molecule has 2 heterocycles. The number of fused-ring (bicyclic) bond motifs is 1. The van der Waals surface area contributed by atoms with Crippen molar-refractivity contribution in [1.29, 1.82) is 0 Å². The topological polar surface area (TPSA) is 125 Å². The molecule has 0 saturated heterocycles. The van der Waals surface area contributed by atoms with Crippen LogP contribution in [0, 0.1) is 0 Å². The zero-order valence-corrected chi connectivity index (χ0v) is 17.0. The van der Waals surface area contributed by atoms with Crippen molar-refractivity contribution >= 4 is 18.2 Å². The molecule has 0 saturated carbocycles. The number of aromatic nitrogens is 3. The van der Waals surface area contributed by atoms with Crippen LogP contribution in [0.15, 0.2) is 41.4 Å². The van der Waals surface area contributed by atoms with Crippen molar-refractivity contribution in [3.63, 3.8) is 0 Å². The molecule has 2 N–H and O–H groups in total. The third kappa shape index (κ3) is 3.90. The molecule has 0 aliphatic carbocycles. The first kappa shape index (κ1) is 19.6. The summed E-state index contributed by atoms with van der Waals surface area (Å²) in [5, 5.41) is 8.11. The van der Waals surface area contributed by atoms with Crippen LogP contribution in [0.5, 0.6) is 23.0 Å². The second-order valence-corrected chi connectivity index (χ2v) is 9.44. The van der Waals surface area contributed by atoms with Crippen molar-refractivity contribution in [1.82, 2.24) is 15.0 Å². The monoisotopic (exact) mass is 437 g/mol. The van der Waals surface area contributed by atoms with Gasteiger partial charge in [0.05, 0.1) is 36.7 Å². The largest absolute Gasteiger partial charge is 0.496 e. The Kier molecular flexibility index (Phi) is 5.13. The molecule has 0 spiro atoms. The Balaban J connectivity index is 1.80. The van der Waals surface area contributed by atoms with E-state index in [2.05, 4.69) is 10.3 Å². The lowest BCUT2D eigenvalue weighted by Gasteiger charge is -2.13. The van der Waals surface area contributed by atoms with Crippen LogP contribution < -0.4 is 18.9 Å². The molecule has 0 fully saturated rings. The highest BCUT2D eigenvalue weighted by Crippen LogP contribution is 2.57. The summed E-state index contributed by atoms with van der Waals surface area (Å²) in [4.78, 5) is 19.0. The molecule has 1 aliphatic rings. The van der Waals surface area contributed by atoms with E-state index in [-0.39, 0.29) is 6.79 Å². The van der Waals surface area contributed by atoms with Crippen LogP contribution in [-0.4, -0.2) is 45.8 Å². The van der Waals surface area contributed by atoms with Crippen molar-refractivity contribution in [2.75, 3.05) is 21.0 Å². The number of ether oxygens (including phenoxy) is 4. The van der Waals surface area contributed by atoms with Gasteiger partial charge in [-0.05, 0) is 29.6 Å². The van der Waals surface area contributed by atoms with E-state index in [1.807, 2.05) is 0 Å². The molecule has 0 bridgehead atoms. The fraction of sp³-hybridized carbons (Fsp3) is 0.176. The van der Waals surface area contributed by atoms with Crippen molar-refractivity contribution in [3.05, 3.63) is 36.5 Å². The quantitative estimate of drug-likeness (QED) is 0.556. The van der Waals surface area contributed by atoms with Gasteiger partial charge in [-0.15, -0.1) is 5.10 Å². The van der Waals surface area contributed by atoms with Gasteiger partial charge in [0, 0.05) is 17.7 Å². The minimum absolute atomic E-state index is 0.0980. The number of rotatable bonds is 6. The summed E-state index contributed by atoms with van der Waals surface area (Å²) in [5.74, 6) is 1.88. The molecule has 2 aromatic carbocycles. The number of nitrogens with zero attached hydrogens (tertiary/aromatic N) is 3. The third-order valence-electron chi connectivity index (χ3n) is 4.11. The number of hydrogen-bond donors (Lipinski definition) is 2. The summed E-state index contributed by atoms with van der Waals surface area (Å²) in [5.41, 5.74) is 1.86. The molecule has 0 atom stereocenters. The van der Waals surface area contributed by atoms with E-state index in [0.717, 1.165) is 0 Å². The van der Waals surface area contributed by atoms with Crippen LogP contribution in [0.2, 0.25) is 0 Å². The van der Waals surface area contributed by atoms with E-state index in [1.165, 1.54) is 14.2 Å². The number of methoxy groups -OCH3 is 2. The smallest absolute Gasteiger partial charge is 0.388 e. The van der Waals surface area contributed by atoms with Gasteiger partial charge in [-0.2, -0.15) is 0 Å². The minimum atomic E-state index is -4.36. The number of benzene rings is 2. The first-order valence-corrected chi connectivity index (χ1v) is 11.3. The molecule has 3 aromatic rings. The van der Waals surface area contributed by atoms with Crippen molar-refractivity contribution in [3.8, 4) is 39.9 Å². The Morgan fingerprint density at radius 1 is 1.14 bits per heavy atom. The molecule has 29 heavy (non-hydrogen) atoms. The third-order valence-corrected chi connectivity index (χ3v) is 6.17. The van der Waals surface area contributed by atoms with Gasteiger partial charge < -0.3 is 28.7 Å². The van der Waals surface area contributed by atoms with Gasteiger partial charge in [0.25, 0.3) is 0 Å². The van der Waals surface area contributed by atoms with Gasteiger partial charge >= 0.3 is 6.80 Å². The molecule has 0 radical (unpaired) electrons. The highest BCUT2D eigenvalue weighted by atomic mass is 32.7. The Bertz CT molecular complexity index is 1110. The van der Waals surface area contributed by atoms with E-state index in [0.29, 0.717) is 56.2 Å². The molecular weight excluding hydrogens is 421 g/mol. The maximum atomic E-state index is 11.5. The molecule has 152 valence electrons. The Labute approximate surface area is 169 Å². The summed E-state index contributed by atoms with van der Waals surface area (Å²) < 4.78 is 34.5. The fourth-order valence-electron chi connectivity index (χ4n) is 2.90. The van der Waals surface area contributed by atoms with Crippen molar-refractivity contribution in [2.24, 2.45) is 0 Å². The standard InChI is InChI=1S/C17H16N3O7PS/c1-24-13-4-3-10(5-16(13)29-28(21,22)23)12-8-18-19-20(12)11-6-14(25-2)17-15(7-11)26-9-27-17/h3-8H,9H2,1-2H3,(H2,21,22,23). The molecule has 12 heteroatoms. The van der Waals surface area contributed by atoms with E-state index < -0.39 is 6.80 Å². The van der Waals surface area contributed by atoms with Gasteiger partial charge in [-0.25, -0.2) is 9.25 Å². The maximum Gasteiger partial charge on any atom is 0.388 e. The summed E-state index contributed by atoms with van der Waals surface area (Å²) in [6.45, 7) is -4.26. The summed E-state index contributed by atoms with van der Waals surface area (Å²) in [6, 6.07) is 8.48. The second-order valence-electron chi connectivity index (χ2n) is 5.86. The minimum Gasteiger partial charge on any atom is -0.496 e. The fourth-order valence-corrected chi connectivity index (χ4v) is 4.77. The average Bonchev–Trinajstić information content (AvgIpc) is 3.35. The lowest BCUT2D eigenvalue weighted by Crippen LogP contribution is -2.01. The summed E-state index contributed by atoms with van der Waals surface area (Å²) >= 11 is 0.422. The molecule has 4 rings (SSSR count). The molecule has 0 amide bonds. The maximum absolute atomic E-state index is 11.5. The predicted molar refractivity (Wildman–Crippen MR) is 104 cm³/mol. The second kappa shape index (κ2) is 7.60. The van der Waals surface area contributed by atoms with Crippen LogP contribution in [-0.2, 0) is 4.57 Å². The van der Waals surface area contributed by atoms with Crippen molar-refractivity contribution < 1.29 is 33.3 Å². The lowest BCUT2D eigenvalue weighted by molar-refractivity contribution is 0.171.